The summed E-state index contributed by atoms with van der Waals surface area (Å²) in [5.41, 5.74) is -1.13. The topological polar surface area (TPSA) is 88.3 Å². The van der Waals surface area contributed by atoms with E-state index in [0.717, 1.165) is 58.8 Å². The summed E-state index contributed by atoms with van der Waals surface area (Å²) in [5.74, 6) is 1.83. The van der Waals surface area contributed by atoms with Crippen LogP contribution < -0.4 is 10.6 Å². The van der Waals surface area contributed by atoms with Gasteiger partial charge < -0.3 is 29.6 Å². The van der Waals surface area contributed by atoms with Crippen molar-refractivity contribution in [3.8, 4) is 0 Å². The Labute approximate surface area is 179 Å². The van der Waals surface area contributed by atoms with Crippen LogP contribution in [0.2, 0.25) is 0 Å². The van der Waals surface area contributed by atoms with Gasteiger partial charge in [-0.05, 0) is 51.2 Å². The molecule has 1 fully saturated rings. The van der Waals surface area contributed by atoms with E-state index in [4.69, 9.17) is 13.9 Å². The van der Waals surface area contributed by atoms with Gasteiger partial charge in [0.05, 0.1) is 12.8 Å². The first-order valence-corrected chi connectivity index (χ1v) is 9.56. The summed E-state index contributed by atoms with van der Waals surface area (Å²) in [6, 6.07) is 3.52. The van der Waals surface area contributed by atoms with Gasteiger partial charge in [0.25, 0.3) is 0 Å². The van der Waals surface area contributed by atoms with Crippen molar-refractivity contribution < 1.29 is 19.0 Å². The van der Waals surface area contributed by atoms with Gasteiger partial charge >= 0.3 is 0 Å². The standard InChI is InChI=1S/C19H33N3O4.HI/c1-3-20-18(22-15-19(2,23)17-6-4-11-26-17)21-9-5-10-25-14-16-7-12-24-13-8-16;/h4,6,11,16,23H,3,5,7-10,12-15H2,1-2H3,(H2,20,21,22);1H. The minimum absolute atomic E-state index is 0. The Morgan fingerprint density at radius 3 is 2.81 bits per heavy atom. The van der Waals surface area contributed by atoms with Crippen molar-refractivity contribution >= 4 is 29.9 Å². The second-order valence-corrected chi connectivity index (χ2v) is 6.86. The molecule has 2 heterocycles. The molecule has 3 N–H and O–H groups in total. The number of nitrogens with zero attached hydrogens (tertiary/aromatic N) is 1. The highest BCUT2D eigenvalue weighted by molar-refractivity contribution is 14.0. The fourth-order valence-electron chi connectivity index (χ4n) is 2.78. The van der Waals surface area contributed by atoms with Gasteiger partial charge in [0.1, 0.15) is 11.4 Å². The van der Waals surface area contributed by atoms with Gasteiger partial charge in [0.2, 0.25) is 0 Å². The molecular weight excluding hydrogens is 461 g/mol. The molecular formula is C19H34IN3O4. The van der Waals surface area contributed by atoms with Gasteiger partial charge in [0.15, 0.2) is 5.96 Å². The SMILES string of the molecule is CCNC(=NCC(C)(O)c1ccco1)NCCCOCC1CCOCC1.I. The van der Waals surface area contributed by atoms with E-state index in [2.05, 4.69) is 15.6 Å². The molecule has 1 atom stereocenters. The van der Waals surface area contributed by atoms with E-state index >= 15 is 0 Å². The van der Waals surface area contributed by atoms with Crippen molar-refractivity contribution in [3.63, 3.8) is 0 Å². The van der Waals surface area contributed by atoms with E-state index < -0.39 is 5.60 Å². The number of aliphatic imine (C=N–C) groups is 1. The zero-order valence-electron chi connectivity index (χ0n) is 16.4. The third kappa shape index (κ3) is 9.27. The third-order valence-corrected chi connectivity index (χ3v) is 4.39. The van der Waals surface area contributed by atoms with Crippen molar-refractivity contribution in [2.45, 2.75) is 38.7 Å². The molecule has 8 heteroatoms. The molecule has 1 unspecified atom stereocenters. The quantitative estimate of drug-likeness (QED) is 0.200. The first-order valence-electron chi connectivity index (χ1n) is 9.56. The van der Waals surface area contributed by atoms with Crippen LogP contribution in [0.3, 0.4) is 0 Å². The van der Waals surface area contributed by atoms with Crippen LogP contribution in [0.4, 0.5) is 0 Å². The number of ether oxygens (including phenoxy) is 2. The van der Waals surface area contributed by atoms with Crippen LogP contribution >= 0.6 is 24.0 Å². The molecule has 1 saturated heterocycles. The highest BCUT2D eigenvalue weighted by atomic mass is 127. The summed E-state index contributed by atoms with van der Waals surface area (Å²) in [7, 11) is 0. The lowest BCUT2D eigenvalue weighted by Gasteiger charge is -2.21. The number of hydrogen-bond donors (Lipinski definition) is 3. The second-order valence-electron chi connectivity index (χ2n) is 6.86. The number of halogens is 1. The number of rotatable bonds is 10. The van der Waals surface area contributed by atoms with Crippen LogP contribution in [0.15, 0.2) is 27.8 Å². The lowest BCUT2D eigenvalue weighted by atomic mass is 10.0. The summed E-state index contributed by atoms with van der Waals surface area (Å²) in [5, 5.41) is 16.9. The molecule has 2 rings (SSSR count). The number of nitrogens with one attached hydrogen (secondary N) is 2. The number of guanidine groups is 1. The lowest BCUT2D eigenvalue weighted by molar-refractivity contribution is 0.0203. The van der Waals surface area contributed by atoms with Gasteiger partial charge in [-0.3, -0.25) is 0 Å². The first kappa shape index (κ1) is 24.2. The van der Waals surface area contributed by atoms with E-state index in [0.29, 0.717) is 17.6 Å². The van der Waals surface area contributed by atoms with Crippen molar-refractivity contribution in [2.24, 2.45) is 10.9 Å². The maximum absolute atomic E-state index is 10.5. The zero-order chi connectivity index (χ0) is 18.7. The van der Waals surface area contributed by atoms with Crippen LogP contribution in [0, 0.1) is 5.92 Å². The van der Waals surface area contributed by atoms with Crippen molar-refractivity contribution in [1.29, 1.82) is 0 Å². The second kappa shape index (κ2) is 13.4. The largest absolute Gasteiger partial charge is 0.466 e. The highest BCUT2D eigenvalue weighted by Gasteiger charge is 2.26. The average molecular weight is 495 g/mol. The van der Waals surface area contributed by atoms with Crippen molar-refractivity contribution in [2.75, 3.05) is 46.1 Å². The molecule has 156 valence electrons. The molecule has 0 aromatic carbocycles. The smallest absolute Gasteiger partial charge is 0.191 e. The summed E-state index contributed by atoms with van der Waals surface area (Å²) >= 11 is 0. The minimum atomic E-state index is -1.13. The summed E-state index contributed by atoms with van der Waals surface area (Å²) in [6.07, 6.45) is 4.66. The predicted molar refractivity (Wildman–Crippen MR) is 117 cm³/mol. The lowest BCUT2D eigenvalue weighted by Crippen LogP contribution is -2.39. The van der Waals surface area contributed by atoms with Crippen LogP contribution in [0.5, 0.6) is 0 Å². The first-order chi connectivity index (χ1) is 12.6. The minimum Gasteiger partial charge on any atom is -0.466 e. The molecule has 1 aliphatic heterocycles. The summed E-state index contributed by atoms with van der Waals surface area (Å²) < 4.78 is 16.4. The van der Waals surface area contributed by atoms with E-state index in [1.807, 2.05) is 6.92 Å². The molecule has 0 spiro atoms. The zero-order valence-corrected chi connectivity index (χ0v) is 18.7. The molecule has 0 amide bonds. The van der Waals surface area contributed by atoms with Crippen LogP contribution in [-0.2, 0) is 15.1 Å². The summed E-state index contributed by atoms with van der Waals surface area (Å²) in [4.78, 5) is 4.46. The monoisotopic (exact) mass is 495 g/mol. The Kier molecular flexibility index (Phi) is 12.0. The maximum atomic E-state index is 10.5. The molecule has 27 heavy (non-hydrogen) atoms. The van der Waals surface area contributed by atoms with Crippen LogP contribution in [0.25, 0.3) is 0 Å². The van der Waals surface area contributed by atoms with Gasteiger partial charge in [-0.1, -0.05) is 0 Å². The number of aliphatic hydroxyl groups is 1. The molecule has 1 aromatic heterocycles. The number of hydrogen-bond acceptors (Lipinski definition) is 5. The van der Waals surface area contributed by atoms with Crippen LogP contribution in [-0.4, -0.2) is 57.1 Å². The Bertz CT molecular complexity index is 517. The Morgan fingerprint density at radius 2 is 2.15 bits per heavy atom. The predicted octanol–water partition coefficient (Wildman–Crippen LogP) is 2.49. The molecule has 0 aliphatic carbocycles. The Balaban J connectivity index is 0.00000364. The third-order valence-electron chi connectivity index (χ3n) is 4.39. The fraction of sp³-hybridized carbons (Fsp3) is 0.737. The fourth-order valence-corrected chi connectivity index (χ4v) is 2.78. The normalized spacial score (nSPS) is 17.8. The molecule has 7 nitrogen and oxygen atoms in total. The van der Waals surface area contributed by atoms with Crippen molar-refractivity contribution in [1.82, 2.24) is 10.6 Å². The molecule has 0 radical (unpaired) electrons. The molecule has 0 saturated carbocycles. The van der Waals surface area contributed by atoms with Gasteiger partial charge in [-0.25, -0.2) is 4.99 Å². The van der Waals surface area contributed by atoms with Gasteiger partial charge in [-0.15, -0.1) is 24.0 Å². The average Bonchev–Trinajstić information content (AvgIpc) is 3.19. The maximum Gasteiger partial charge on any atom is 0.191 e. The van der Waals surface area contributed by atoms with Crippen LogP contribution in [0.1, 0.15) is 38.9 Å². The molecule has 1 aromatic rings. The summed E-state index contributed by atoms with van der Waals surface area (Å²) in [6.45, 7) is 8.73. The van der Waals surface area contributed by atoms with E-state index in [-0.39, 0.29) is 30.5 Å². The number of furan rings is 1. The highest BCUT2D eigenvalue weighted by Crippen LogP contribution is 2.21. The van der Waals surface area contributed by atoms with E-state index in [1.54, 1.807) is 25.3 Å². The Morgan fingerprint density at radius 1 is 1.37 bits per heavy atom. The molecule has 1 aliphatic rings. The van der Waals surface area contributed by atoms with Gasteiger partial charge in [-0.2, -0.15) is 0 Å². The van der Waals surface area contributed by atoms with E-state index in [9.17, 15) is 5.11 Å². The molecule has 0 bridgehead atoms. The van der Waals surface area contributed by atoms with E-state index in [1.165, 1.54) is 0 Å². The van der Waals surface area contributed by atoms with Crippen molar-refractivity contribution in [3.05, 3.63) is 24.2 Å². The van der Waals surface area contributed by atoms with Gasteiger partial charge in [0, 0.05) is 39.5 Å². The Hall–Kier alpha value is -0.840.